The normalized spacial score (nSPS) is 22.1. The molecule has 3 rings (SSSR count). The van der Waals surface area contributed by atoms with Crippen LogP contribution in [0.5, 0.6) is 0 Å². The molecule has 1 aliphatic carbocycles. The van der Waals surface area contributed by atoms with Crippen LogP contribution in [0, 0.1) is 5.92 Å². The predicted octanol–water partition coefficient (Wildman–Crippen LogP) is 3.91. The summed E-state index contributed by atoms with van der Waals surface area (Å²) in [5.74, 6) is 0.748. The van der Waals surface area contributed by atoms with E-state index in [1.165, 1.54) is 25.7 Å². The van der Waals surface area contributed by atoms with E-state index < -0.39 is 0 Å². The standard InChI is InChI=1S/C15H19ClN4/c1-2-11-4-3-5-13(11)19-14-8-12(16)6-7-15(14)20-10-17-9-18-20/h6-11,13,19H,2-5H2,1H3. The molecule has 2 unspecified atom stereocenters. The van der Waals surface area contributed by atoms with Crippen molar-refractivity contribution in [3.05, 3.63) is 35.9 Å². The summed E-state index contributed by atoms with van der Waals surface area (Å²) in [6, 6.07) is 6.37. The molecule has 20 heavy (non-hydrogen) atoms. The minimum Gasteiger partial charge on any atom is -0.380 e. The Bertz CT molecular complexity index is 567. The second kappa shape index (κ2) is 5.83. The maximum atomic E-state index is 6.15. The molecule has 5 heteroatoms. The van der Waals surface area contributed by atoms with Crippen molar-refractivity contribution in [2.24, 2.45) is 5.92 Å². The number of benzene rings is 1. The minimum atomic E-state index is 0.528. The smallest absolute Gasteiger partial charge is 0.138 e. The van der Waals surface area contributed by atoms with Crippen LogP contribution >= 0.6 is 11.6 Å². The van der Waals surface area contributed by atoms with Crippen molar-refractivity contribution < 1.29 is 0 Å². The van der Waals surface area contributed by atoms with E-state index in [2.05, 4.69) is 22.3 Å². The summed E-state index contributed by atoms with van der Waals surface area (Å²) < 4.78 is 1.77. The second-order valence-corrected chi connectivity index (χ2v) is 5.79. The zero-order chi connectivity index (χ0) is 13.9. The first-order valence-electron chi connectivity index (χ1n) is 7.19. The van der Waals surface area contributed by atoms with Gasteiger partial charge in [0.05, 0.1) is 11.4 Å². The third kappa shape index (κ3) is 2.66. The average Bonchev–Trinajstić information content (AvgIpc) is 3.10. The van der Waals surface area contributed by atoms with Gasteiger partial charge in [0.1, 0.15) is 12.7 Å². The fourth-order valence-corrected chi connectivity index (χ4v) is 3.24. The molecule has 1 heterocycles. The zero-order valence-electron chi connectivity index (χ0n) is 11.6. The minimum absolute atomic E-state index is 0.528. The third-order valence-corrected chi connectivity index (χ3v) is 4.38. The molecule has 0 aliphatic heterocycles. The van der Waals surface area contributed by atoms with Crippen LogP contribution in [0.2, 0.25) is 5.02 Å². The summed E-state index contributed by atoms with van der Waals surface area (Å²) in [7, 11) is 0. The molecule has 2 aromatic rings. The number of nitrogens with zero attached hydrogens (tertiary/aromatic N) is 3. The Kier molecular flexibility index (Phi) is 3.92. The first-order chi connectivity index (χ1) is 9.78. The van der Waals surface area contributed by atoms with E-state index >= 15 is 0 Å². The maximum absolute atomic E-state index is 6.15. The maximum Gasteiger partial charge on any atom is 0.138 e. The van der Waals surface area contributed by atoms with Crippen LogP contribution in [0.4, 0.5) is 5.69 Å². The second-order valence-electron chi connectivity index (χ2n) is 5.35. The van der Waals surface area contributed by atoms with Crippen LogP contribution < -0.4 is 5.32 Å². The fraction of sp³-hybridized carbons (Fsp3) is 0.467. The number of rotatable bonds is 4. The van der Waals surface area contributed by atoms with Crippen LogP contribution in [0.1, 0.15) is 32.6 Å². The topological polar surface area (TPSA) is 42.7 Å². The molecular formula is C15H19ClN4. The van der Waals surface area contributed by atoms with Crippen LogP contribution in [0.3, 0.4) is 0 Å². The van der Waals surface area contributed by atoms with E-state index in [-0.39, 0.29) is 0 Å². The Balaban J connectivity index is 1.90. The van der Waals surface area contributed by atoms with Gasteiger partial charge in [-0.2, -0.15) is 5.10 Å². The molecule has 1 N–H and O–H groups in total. The van der Waals surface area contributed by atoms with E-state index in [1.807, 2.05) is 18.2 Å². The number of hydrogen-bond acceptors (Lipinski definition) is 3. The first kappa shape index (κ1) is 13.4. The lowest BCUT2D eigenvalue weighted by molar-refractivity contribution is 0.489. The molecule has 1 aromatic heterocycles. The molecule has 2 atom stereocenters. The van der Waals surface area contributed by atoms with E-state index in [1.54, 1.807) is 17.3 Å². The number of hydrogen-bond donors (Lipinski definition) is 1. The summed E-state index contributed by atoms with van der Waals surface area (Å²) in [4.78, 5) is 4.02. The molecule has 1 fully saturated rings. The Hall–Kier alpha value is -1.55. The Morgan fingerprint density at radius 3 is 3.05 bits per heavy atom. The molecule has 0 amide bonds. The van der Waals surface area contributed by atoms with Gasteiger partial charge in [-0.3, -0.25) is 0 Å². The Morgan fingerprint density at radius 1 is 1.40 bits per heavy atom. The van der Waals surface area contributed by atoms with Crippen molar-refractivity contribution in [3.63, 3.8) is 0 Å². The average molecular weight is 291 g/mol. The van der Waals surface area contributed by atoms with Gasteiger partial charge in [-0.1, -0.05) is 31.4 Å². The van der Waals surface area contributed by atoms with Crippen LogP contribution in [0.15, 0.2) is 30.9 Å². The van der Waals surface area contributed by atoms with Gasteiger partial charge in [0.2, 0.25) is 0 Å². The van der Waals surface area contributed by atoms with Crippen molar-refractivity contribution in [2.75, 3.05) is 5.32 Å². The molecule has 1 saturated carbocycles. The van der Waals surface area contributed by atoms with Crippen molar-refractivity contribution in [3.8, 4) is 5.69 Å². The van der Waals surface area contributed by atoms with Crippen molar-refractivity contribution >= 4 is 17.3 Å². The molecule has 0 spiro atoms. The lowest BCUT2D eigenvalue weighted by Crippen LogP contribution is -2.24. The highest BCUT2D eigenvalue weighted by molar-refractivity contribution is 6.31. The molecule has 1 aromatic carbocycles. The first-order valence-corrected chi connectivity index (χ1v) is 7.57. The Morgan fingerprint density at radius 2 is 2.30 bits per heavy atom. The van der Waals surface area contributed by atoms with E-state index in [4.69, 9.17) is 11.6 Å². The zero-order valence-corrected chi connectivity index (χ0v) is 12.3. The number of aromatic nitrogens is 3. The monoisotopic (exact) mass is 290 g/mol. The van der Waals surface area contributed by atoms with Crippen molar-refractivity contribution in [2.45, 2.75) is 38.6 Å². The lowest BCUT2D eigenvalue weighted by Gasteiger charge is -2.22. The summed E-state index contributed by atoms with van der Waals surface area (Å²) in [5, 5.41) is 8.62. The summed E-state index contributed by atoms with van der Waals surface area (Å²) in [6.45, 7) is 2.26. The molecule has 106 valence electrons. The van der Waals surface area contributed by atoms with E-state index in [9.17, 15) is 0 Å². The van der Waals surface area contributed by atoms with Gasteiger partial charge in [0.15, 0.2) is 0 Å². The molecule has 0 radical (unpaired) electrons. The van der Waals surface area contributed by atoms with E-state index in [0.29, 0.717) is 6.04 Å². The summed E-state index contributed by atoms with van der Waals surface area (Å²) in [6.07, 6.45) is 8.31. The van der Waals surface area contributed by atoms with Gasteiger partial charge in [-0.05, 0) is 37.0 Å². The molecule has 0 saturated heterocycles. The molecule has 1 aliphatic rings. The molecule has 4 nitrogen and oxygen atoms in total. The van der Waals surface area contributed by atoms with Crippen LogP contribution in [-0.2, 0) is 0 Å². The van der Waals surface area contributed by atoms with E-state index in [0.717, 1.165) is 22.3 Å². The van der Waals surface area contributed by atoms with Crippen molar-refractivity contribution in [1.82, 2.24) is 14.8 Å². The van der Waals surface area contributed by atoms with Gasteiger partial charge in [0, 0.05) is 11.1 Å². The quantitative estimate of drug-likeness (QED) is 0.928. The molecule has 0 bridgehead atoms. The van der Waals surface area contributed by atoms with Crippen LogP contribution in [0.25, 0.3) is 5.69 Å². The summed E-state index contributed by atoms with van der Waals surface area (Å²) >= 11 is 6.15. The van der Waals surface area contributed by atoms with Gasteiger partial charge in [-0.25, -0.2) is 9.67 Å². The van der Waals surface area contributed by atoms with Gasteiger partial charge in [-0.15, -0.1) is 0 Å². The van der Waals surface area contributed by atoms with Gasteiger partial charge < -0.3 is 5.32 Å². The largest absolute Gasteiger partial charge is 0.380 e. The summed E-state index contributed by atoms with van der Waals surface area (Å²) in [5.41, 5.74) is 2.03. The fourth-order valence-electron chi connectivity index (χ4n) is 3.07. The number of nitrogens with one attached hydrogen (secondary N) is 1. The Labute approximate surface area is 124 Å². The highest BCUT2D eigenvalue weighted by Crippen LogP contribution is 2.33. The SMILES string of the molecule is CCC1CCCC1Nc1cc(Cl)ccc1-n1cncn1. The predicted molar refractivity (Wildman–Crippen MR) is 81.4 cm³/mol. The highest BCUT2D eigenvalue weighted by Gasteiger charge is 2.26. The lowest BCUT2D eigenvalue weighted by atomic mass is 10.0. The van der Waals surface area contributed by atoms with Crippen LogP contribution in [-0.4, -0.2) is 20.8 Å². The molecular weight excluding hydrogens is 272 g/mol. The third-order valence-electron chi connectivity index (χ3n) is 4.15. The highest BCUT2D eigenvalue weighted by atomic mass is 35.5. The van der Waals surface area contributed by atoms with Gasteiger partial charge >= 0.3 is 0 Å². The number of anilines is 1. The number of halogens is 1. The van der Waals surface area contributed by atoms with Gasteiger partial charge in [0.25, 0.3) is 0 Å². The van der Waals surface area contributed by atoms with Crippen molar-refractivity contribution in [1.29, 1.82) is 0 Å².